The lowest BCUT2D eigenvalue weighted by molar-refractivity contribution is -0.136. The van der Waals surface area contributed by atoms with Gasteiger partial charge in [-0.1, -0.05) is 27.7 Å². The molecule has 172 valence electrons. The number of guanidine groups is 1. The number of hydrogen-bond acceptors (Lipinski definition) is 3. The van der Waals surface area contributed by atoms with Crippen LogP contribution in [0.2, 0.25) is 0 Å². The molecule has 0 saturated carbocycles. The Bertz CT molecular complexity index is 462. The van der Waals surface area contributed by atoms with Gasteiger partial charge < -0.3 is 20.6 Å². The smallest absolute Gasteiger partial charge is 0.225 e. The maximum Gasteiger partial charge on any atom is 0.225 e. The van der Waals surface area contributed by atoms with Gasteiger partial charge in [0, 0.05) is 44.7 Å². The van der Waals surface area contributed by atoms with Crippen molar-refractivity contribution in [2.75, 3.05) is 32.8 Å². The maximum absolute atomic E-state index is 12.6. The monoisotopic (exact) mass is 524 g/mol. The fraction of sp³-hybridized carbons (Fsp3) is 0.909. The second-order valence-corrected chi connectivity index (χ2v) is 8.48. The Morgan fingerprint density at radius 2 is 1.79 bits per heavy atom. The van der Waals surface area contributed by atoms with E-state index in [4.69, 9.17) is 4.99 Å². The van der Waals surface area contributed by atoms with Crippen molar-refractivity contribution in [1.82, 2.24) is 15.5 Å². The van der Waals surface area contributed by atoms with Crippen LogP contribution in [0.4, 0.5) is 0 Å². The van der Waals surface area contributed by atoms with Crippen molar-refractivity contribution >= 4 is 35.8 Å². The zero-order valence-corrected chi connectivity index (χ0v) is 21.6. The number of rotatable bonds is 11. The second kappa shape index (κ2) is 16.2. The highest BCUT2D eigenvalue weighted by Crippen LogP contribution is 2.18. The topological polar surface area (TPSA) is 77.0 Å². The third-order valence-corrected chi connectivity index (χ3v) is 5.68. The molecule has 1 atom stereocenters. The molecule has 0 aromatic carbocycles. The van der Waals surface area contributed by atoms with E-state index in [1.165, 1.54) is 0 Å². The largest absolute Gasteiger partial charge is 0.396 e. The number of aliphatic imine (C=N–C) groups is 1. The molecule has 0 aromatic rings. The first-order chi connectivity index (χ1) is 13.4. The summed E-state index contributed by atoms with van der Waals surface area (Å²) in [6.45, 7) is 14.1. The van der Waals surface area contributed by atoms with Gasteiger partial charge in [-0.05, 0) is 57.3 Å². The summed E-state index contributed by atoms with van der Waals surface area (Å²) in [4.78, 5) is 19.4. The molecule has 0 aliphatic carbocycles. The van der Waals surface area contributed by atoms with Crippen molar-refractivity contribution in [3.05, 3.63) is 0 Å². The molecular formula is C22H45IN4O2. The van der Waals surface area contributed by atoms with Crippen LogP contribution in [0.5, 0.6) is 0 Å². The molecule has 0 aromatic heterocycles. The van der Waals surface area contributed by atoms with E-state index >= 15 is 0 Å². The molecule has 1 rings (SSSR count). The van der Waals surface area contributed by atoms with Gasteiger partial charge in [-0.3, -0.25) is 9.79 Å². The van der Waals surface area contributed by atoms with Crippen molar-refractivity contribution in [1.29, 1.82) is 0 Å². The Labute approximate surface area is 195 Å². The van der Waals surface area contributed by atoms with E-state index in [1.54, 1.807) is 0 Å². The number of amides is 1. The zero-order chi connectivity index (χ0) is 20.9. The fourth-order valence-electron chi connectivity index (χ4n) is 4.01. The number of hydrogen-bond donors (Lipinski definition) is 3. The van der Waals surface area contributed by atoms with Crippen LogP contribution in [0.1, 0.15) is 73.1 Å². The van der Waals surface area contributed by atoms with Crippen LogP contribution in [0, 0.1) is 17.8 Å². The summed E-state index contributed by atoms with van der Waals surface area (Å²) in [5, 5.41) is 16.2. The van der Waals surface area contributed by atoms with Gasteiger partial charge in [0.05, 0.1) is 0 Å². The number of halogens is 1. The molecular weight excluding hydrogens is 479 g/mol. The van der Waals surface area contributed by atoms with Crippen molar-refractivity contribution < 1.29 is 9.90 Å². The molecule has 1 saturated heterocycles. The van der Waals surface area contributed by atoms with Crippen LogP contribution in [0.3, 0.4) is 0 Å². The average molecular weight is 525 g/mol. The SMILES string of the molecule is CCNC(=NCC(CCO)CC(C)C)NC1CCN(C(=O)C(CC)CC)CC1.I. The summed E-state index contributed by atoms with van der Waals surface area (Å²) in [7, 11) is 0. The van der Waals surface area contributed by atoms with Gasteiger partial charge in [-0.2, -0.15) is 0 Å². The molecule has 0 spiro atoms. The average Bonchev–Trinajstić information content (AvgIpc) is 2.67. The van der Waals surface area contributed by atoms with Gasteiger partial charge in [0.2, 0.25) is 5.91 Å². The van der Waals surface area contributed by atoms with Crippen LogP contribution in [-0.4, -0.2) is 60.7 Å². The van der Waals surface area contributed by atoms with Crippen molar-refractivity contribution in [2.24, 2.45) is 22.7 Å². The molecule has 1 aliphatic rings. The first-order valence-electron chi connectivity index (χ1n) is 11.4. The summed E-state index contributed by atoms with van der Waals surface area (Å²) in [5.74, 6) is 2.38. The molecule has 3 N–H and O–H groups in total. The standard InChI is InChI=1S/C22H44N4O2.HI/c1-6-19(7-2)21(28)26-12-9-20(10-13-26)25-22(23-8-3)24-16-18(11-14-27)15-17(4)5;/h17-20,27H,6-16H2,1-5H3,(H2,23,24,25);1H. The first kappa shape index (κ1) is 28.4. The third-order valence-electron chi connectivity index (χ3n) is 5.68. The number of piperidine rings is 1. The lowest BCUT2D eigenvalue weighted by Gasteiger charge is -2.35. The number of nitrogens with one attached hydrogen (secondary N) is 2. The lowest BCUT2D eigenvalue weighted by Crippen LogP contribution is -2.50. The molecule has 6 nitrogen and oxygen atoms in total. The summed E-state index contributed by atoms with van der Waals surface area (Å²) in [6, 6.07) is 0.352. The van der Waals surface area contributed by atoms with Crippen molar-refractivity contribution in [3.63, 3.8) is 0 Å². The molecule has 0 bridgehead atoms. The van der Waals surface area contributed by atoms with Crippen LogP contribution >= 0.6 is 24.0 Å². The molecule has 1 amide bonds. The number of carbonyl (C=O) groups is 1. The van der Waals surface area contributed by atoms with E-state index in [0.29, 0.717) is 23.8 Å². The minimum absolute atomic E-state index is 0. The molecule has 1 heterocycles. The Hall–Kier alpha value is -0.570. The molecule has 29 heavy (non-hydrogen) atoms. The van der Waals surface area contributed by atoms with Crippen LogP contribution in [0.15, 0.2) is 4.99 Å². The highest BCUT2D eigenvalue weighted by atomic mass is 127. The van der Waals surface area contributed by atoms with Crippen molar-refractivity contribution in [3.8, 4) is 0 Å². The van der Waals surface area contributed by atoms with Crippen LogP contribution in [-0.2, 0) is 4.79 Å². The number of likely N-dealkylation sites (tertiary alicyclic amines) is 1. The van der Waals surface area contributed by atoms with E-state index < -0.39 is 0 Å². The minimum atomic E-state index is 0. The number of carbonyl (C=O) groups excluding carboxylic acids is 1. The Morgan fingerprint density at radius 3 is 2.28 bits per heavy atom. The quantitative estimate of drug-likeness (QED) is 0.219. The minimum Gasteiger partial charge on any atom is -0.396 e. The lowest BCUT2D eigenvalue weighted by atomic mass is 9.94. The zero-order valence-electron chi connectivity index (χ0n) is 19.2. The second-order valence-electron chi connectivity index (χ2n) is 8.48. The Balaban J connectivity index is 0.00000784. The van der Waals surface area contributed by atoms with Gasteiger partial charge in [-0.25, -0.2) is 0 Å². The summed E-state index contributed by atoms with van der Waals surface area (Å²) in [5.41, 5.74) is 0. The van der Waals surface area contributed by atoms with Gasteiger partial charge in [-0.15, -0.1) is 24.0 Å². The normalized spacial score (nSPS) is 16.7. The van der Waals surface area contributed by atoms with E-state index in [0.717, 1.165) is 70.7 Å². The van der Waals surface area contributed by atoms with Gasteiger partial charge >= 0.3 is 0 Å². The number of aliphatic hydroxyl groups is 1. The van der Waals surface area contributed by atoms with E-state index in [2.05, 4.69) is 45.3 Å². The van der Waals surface area contributed by atoms with E-state index in [9.17, 15) is 9.90 Å². The summed E-state index contributed by atoms with van der Waals surface area (Å²) in [6.07, 6.45) is 5.66. The molecule has 1 aliphatic heterocycles. The van der Waals surface area contributed by atoms with Crippen LogP contribution in [0.25, 0.3) is 0 Å². The maximum atomic E-state index is 12.6. The molecule has 7 heteroatoms. The van der Waals surface area contributed by atoms with E-state index in [1.807, 2.05) is 4.90 Å². The molecule has 1 unspecified atom stereocenters. The summed E-state index contributed by atoms with van der Waals surface area (Å²) >= 11 is 0. The molecule has 0 radical (unpaired) electrons. The Morgan fingerprint density at radius 1 is 1.17 bits per heavy atom. The van der Waals surface area contributed by atoms with Gasteiger partial charge in [0.15, 0.2) is 5.96 Å². The van der Waals surface area contributed by atoms with Gasteiger partial charge in [0.25, 0.3) is 0 Å². The predicted molar refractivity (Wildman–Crippen MR) is 133 cm³/mol. The predicted octanol–water partition coefficient (Wildman–Crippen LogP) is 3.63. The third kappa shape index (κ3) is 10.9. The highest BCUT2D eigenvalue weighted by molar-refractivity contribution is 14.0. The molecule has 1 fully saturated rings. The fourth-order valence-corrected chi connectivity index (χ4v) is 4.01. The van der Waals surface area contributed by atoms with E-state index in [-0.39, 0.29) is 36.5 Å². The Kier molecular flexibility index (Phi) is 15.8. The number of aliphatic hydroxyl groups excluding tert-OH is 1. The summed E-state index contributed by atoms with van der Waals surface area (Å²) < 4.78 is 0. The first-order valence-corrected chi connectivity index (χ1v) is 11.4. The van der Waals surface area contributed by atoms with Gasteiger partial charge in [0.1, 0.15) is 0 Å². The highest BCUT2D eigenvalue weighted by Gasteiger charge is 2.26. The van der Waals surface area contributed by atoms with Crippen molar-refractivity contribution in [2.45, 2.75) is 79.2 Å². The number of nitrogens with zero attached hydrogens (tertiary/aromatic N) is 2. The van der Waals surface area contributed by atoms with Crippen LogP contribution < -0.4 is 10.6 Å².